The molecule has 0 spiro atoms. The molecule has 1 fully saturated rings. The van der Waals surface area contributed by atoms with Gasteiger partial charge in [-0.1, -0.05) is 47.6 Å². The number of sulfone groups is 1. The molecule has 0 radical (unpaired) electrons. The number of thiazole rings is 1. The highest BCUT2D eigenvalue weighted by Crippen LogP contribution is 2.33. The first-order valence-corrected chi connectivity index (χ1v) is 12.3. The van der Waals surface area contributed by atoms with E-state index >= 15 is 0 Å². The summed E-state index contributed by atoms with van der Waals surface area (Å²) in [4.78, 5) is 22.5. The van der Waals surface area contributed by atoms with Gasteiger partial charge in [-0.3, -0.25) is 10.1 Å². The van der Waals surface area contributed by atoms with Crippen molar-refractivity contribution in [1.29, 1.82) is 0 Å². The molecule has 1 saturated carbocycles. The van der Waals surface area contributed by atoms with Gasteiger partial charge in [0.05, 0.1) is 10.1 Å². The van der Waals surface area contributed by atoms with Crippen molar-refractivity contribution in [3.8, 4) is 0 Å². The molecule has 31 heavy (non-hydrogen) atoms. The Morgan fingerprint density at radius 1 is 1.13 bits per heavy atom. The molecule has 2 aromatic carbocycles. The third-order valence-corrected chi connectivity index (χ3v) is 7.73. The van der Waals surface area contributed by atoms with Crippen molar-refractivity contribution in [2.24, 2.45) is 5.16 Å². The Labute approximate surface area is 184 Å². The molecule has 1 heterocycles. The maximum absolute atomic E-state index is 12.8. The molecule has 160 valence electrons. The third kappa shape index (κ3) is 5.36. The zero-order valence-electron chi connectivity index (χ0n) is 16.6. The zero-order chi connectivity index (χ0) is 21.7. The van der Waals surface area contributed by atoms with Crippen LogP contribution in [0, 0.1) is 0 Å². The summed E-state index contributed by atoms with van der Waals surface area (Å²) in [7, 11) is -3.30. The topological polar surface area (TPSA) is 97.7 Å². The number of oxime groups is 1. The van der Waals surface area contributed by atoms with E-state index in [2.05, 4.69) is 15.5 Å². The van der Waals surface area contributed by atoms with Crippen molar-refractivity contribution in [2.75, 3.05) is 11.9 Å². The Balaban J connectivity index is 1.51. The number of aromatic nitrogens is 1. The fourth-order valence-corrected chi connectivity index (χ4v) is 5.14. The van der Waals surface area contributed by atoms with Crippen LogP contribution in [0.4, 0.5) is 5.13 Å². The first-order valence-electron chi connectivity index (χ1n) is 9.83. The van der Waals surface area contributed by atoms with Crippen molar-refractivity contribution in [3.63, 3.8) is 0 Å². The van der Waals surface area contributed by atoms with Crippen LogP contribution in [0.3, 0.4) is 0 Å². The smallest absolute Gasteiger partial charge is 0.280 e. The lowest BCUT2D eigenvalue weighted by Gasteiger charge is -2.08. The number of anilines is 1. The minimum Gasteiger partial charge on any atom is -0.395 e. The molecule has 0 aliphatic heterocycles. The van der Waals surface area contributed by atoms with Gasteiger partial charge in [0.25, 0.3) is 5.91 Å². The highest BCUT2D eigenvalue weighted by Gasteiger charge is 2.36. The van der Waals surface area contributed by atoms with Gasteiger partial charge in [-0.25, -0.2) is 13.4 Å². The number of rotatable bonds is 9. The number of carbonyl (C=O) groups excluding carboxylic acids is 1. The molecular weight excluding hydrogens is 434 g/mol. The lowest BCUT2D eigenvalue weighted by molar-refractivity contribution is -0.110. The second-order valence-electron chi connectivity index (χ2n) is 7.07. The van der Waals surface area contributed by atoms with E-state index in [1.54, 1.807) is 23.7 Å². The summed E-state index contributed by atoms with van der Waals surface area (Å²) in [5.74, 6) is -0.479. The Kier molecular flexibility index (Phi) is 6.43. The average molecular weight is 456 g/mol. The van der Waals surface area contributed by atoms with E-state index in [1.807, 2.05) is 30.3 Å². The van der Waals surface area contributed by atoms with E-state index in [1.165, 1.54) is 23.5 Å². The van der Waals surface area contributed by atoms with E-state index < -0.39 is 15.7 Å². The fraction of sp³-hybridized carbons (Fsp3) is 0.227. The van der Waals surface area contributed by atoms with Gasteiger partial charge < -0.3 is 4.84 Å². The number of hydrogen-bond acceptors (Lipinski definition) is 7. The first kappa shape index (κ1) is 21.2. The summed E-state index contributed by atoms with van der Waals surface area (Å²) < 4.78 is 24.9. The Morgan fingerprint density at radius 2 is 1.87 bits per heavy atom. The van der Waals surface area contributed by atoms with Crippen LogP contribution in [0.5, 0.6) is 0 Å². The van der Waals surface area contributed by atoms with E-state index in [9.17, 15) is 13.2 Å². The zero-order valence-corrected chi connectivity index (χ0v) is 18.2. The summed E-state index contributed by atoms with van der Waals surface area (Å²) >= 11 is 1.29. The van der Waals surface area contributed by atoms with Gasteiger partial charge in [0.15, 0.2) is 20.7 Å². The molecule has 9 heteroatoms. The Hall–Kier alpha value is -3.04. The maximum Gasteiger partial charge on any atom is 0.280 e. The largest absolute Gasteiger partial charge is 0.395 e. The molecule has 1 N–H and O–H groups in total. The van der Waals surface area contributed by atoms with Crippen LogP contribution in [-0.4, -0.2) is 36.9 Å². The number of hydrogen-bond donors (Lipinski definition) is 1. The van der Waals surface area contributed by atoms with E-state index in [0.717, 1.165) is 5.56 Å². The van der Waals surface area contributed by atoms with Gasteiger partial charge in [0.2, 0.25) is 0 Å². The second kappa shape index (κ2) is 9.40. The molecule has 4 rings (SSSR count). The van der Waals surface area contributed by atoms with Crippen LogP contribution in [-0.2, 0) is 25.9 Å². The molecule has 3 aromatic rings. The van der Waals surface area contributed by atoms with E-state index in [-0.39, 0.29) is 15.9 Å². The van der Waals surface area contributed by atoms with Crippen LogP contribution in [0.25, 0.3) is 0 Å². The second-order valence-corrected chi connectivity index (χ2v) is 10.2. The molecule has 0 unspecified atom stereocenters. The summed E-state index contributed by atoms with van der Waals surface area (Å²) in [5, 5.41) is 8.65. The van der Waals surface area contributed by atoms with Gasteiger partial charge in [-0.15, -0.1) is 11.3 Å². The molecule has 0 saturated heterocycles. The standard InChI is InChI=1S/C22H21N3O4S2/c26-21(24-22-23-13-15-30-22)20(25-29-14-12-16-4-2-1-3-5-16)17-6-8-18(9-7-17)31(27,28)19-10-11-19/h1-9,13,15,19H,10-12,14H2,(H,23,24,26). The van der Waals surface area contributed by atoms with E-state index in [0.29, 0.717) is 36.6 Å². The molecule has 1 amide bonds. The van der Waals surface area contributed by atoms with Crippen LogP contribution in [0.2, 0.25) is 0 Å². The molecule has 1 aliphatic rings. The summed E-state index contributed by atoms with van der Waals surface area (Å²) in [5.41, 5.74) is 1.61. The highest BCUT2D eigenvalue weighted by molar-refractivity contribution is 7.92. The predicted molar refractivity (Wildman–Crippen MR) is 120 cm³/mol. The number of nitrogens with zero attached hydrogens (tertiary/aromatic N) is 2. The molecule has 0 bridgehead atoms. The molecule has 0 atom stereocenters. The van der Waals surface area contributed by atoms with Crippen molar-refractivity contribution in [3.05, 3.63) is 77.3 Å². The van der Waals surface area contributed by atoms with Crippen molar-refractivity contribution >= 4 is 37.9 Å². The quantitative estimate of drug-likeness (QED) is 0.302. The Bertz CT molecular complexity index is 1160. The monoisotopic (exact) mass is 455 g/mol. The van der Waals surface area contributed by atoms with Crippen LogP contribution >= 0.6 is 11.3 Å². The maximum atomic E-state index is 12.8. The number of benzene rings is 2. The summed E-state index contributed by atoms with van der Waals surface area (Å²) in [6.07, 6.45) is 3.62. The third-order valence-electron chi connectivity index (χ3n) is 4.77. The van der Waals surface area contributed by atoms with Gasteiger partial charge in [-0.05, 0) is 30.5 Å². The normalized spacial score (nSPS) is 14.3. The van der Waals surface area contributed by atoms with Crippen LogP contribution < -0.4 is 5.32 Å². The Morgan fingerprint density at radius 3 is 2.52 bits per heavy atom. The minimum atomic E-state index is -3.30. The predicted octanol–water partition coefficient (Wildman–Crippen LogP) is 3.68. The fourth-order valence-electron chi connectivity index (χ4n) is 2.96. The number of amides is 1. The van der Waals surface area contributed by atoms with Crippen molar-refractivity contribution in [2.45, 2.75) is 29.4 Å². The molecule has 1 aliphatic carbocycles. The SMILES string of the molecule is O=C(Nc1nccs1)C(=NOCCc1ccccc1)c1ccc(S(=O)(=O)C2CC2)cc1. The van der Waals surface area contributed by atoms with Crippen LogP contribution in [0.15, 0.2) is 76.2 Å². The van der Waals surface area contributed by atoms with Crippen LogP contribution in [0.1, 0.15) is 24.0 Å². The van der Waals surface area contributed by atoms with Gasteiger partial charge >= 0.3 is 0 Å². The number of nitrogens with one attached hydrogen (secondary N) is 1. The lowest BCUT2D eigenvalue weighted by atomic mass is 10.1. The lowest BCUT2D eigenvalue weighted by Crippen LogP contribution is -2.24. The first-order chi connectivity index (χ1) is 15.0. The van der Waals surface area contributed by atoms with Gasteiger partial charge in [0.1, 0.15) is 6.61 Å². The van der Waals surface area contributed by atoms with Gasteiger partial charge in [-0.2, -0.15) is 0 Å². The van der Waals surface area contributed by atoms with Crippen molar-refractivity contribution in [1.82, 2.24) is 4.98 Å². The average Bonchev–Trinajstić information content (AvgIpc) is 3.53. The summed E-state index contributed by atoms with van der Waals surface area (Å²) in [6, 6.07) is 16.0. The number of carbonyl (C=O) groups is 1. The van der Waals surface area contributed by atoms with Gasteiger partial charge in [0, 0.05) is 23.6 Å². The molecular formula is C22H21N3O4S2. The molecule has 7 nitrogen and oxygen atoms in total. The highest BCUT2D eigenvalue weighted by atomic mass is 32.2. The minimum absolute atomic E-state index is 0.0543. The summed E-state index contributed by atoms with van der Waals surface area (Å²) in [6.45, 7) is 0.298. The van der Waals surface area contributed by atoms with Crippen molar-refractivity contribution < 1.29 is 18.0 Å². The molecule has 1 aromatic heterocycles. The van der Waals surface area contributed by atoms with E-state index in [4.69, 9.17) is 4.84 Å².